The van der Waals surface area contributed by atoms with Gasteiger partial charge >= 0.3 is 29.6 Å². The molecule has 30 heteroatoms. The van der Waals surface area contributed by atoms with E-state index in [1.54, 1.807) is 0 Å². The van der Waals surface area contributed by atoms with Crippen LogP contribution < -0.4 is 29.6 Å². The minimum Gasteiger partial charge on any atom is -0.726 e. The zero-order valence-corrected chi connectivity index (χ0v) is 54.6. The van der Waals surface area contributed by atoms with Gasteiger partial charge in [0, 0.05) is 0 Å². The molecule has 3 saturated carbocycles. The number of allylic oxidation sites excluding steroid dienone is 2. The number of rotatable bonds is 17. The van der Waals surface area contributed by atoms with E-state index in [0.717, 1.165) is 12.0 Å². The van der Waals surface area contributed by atoms with Crippen LogP contribution >= 0.6 is 0 Å². The summed E-state index contributed by atoms with van der Waals surface area (Å²) in [6, 6.07) is 0. The summed E-state index contributed by atoms with van der Waals surface area (Å²) in [7, 11) is -5.15. The first-order chi connectivity index (χ1) is 40.6. The van der Waals surface area contributed by atoms with Crippen molar-refractivity contribution in [3.05, 3.63) is 11.6 Å². The third kappa shape index (κ3) is 13.4. The van der Waals surface area contributed by atoms with Crippen molar-refractivity contribution >= 4 is 10.4 Å². The van der Waals surface area contributed by atoms with Gasteiger partial charge in [0.25, 0.3) is 0 Å². The zero-order valence-electron chi connectivity index (χ0n) is 51.8. The SMILES string of the molecule is CC(C)[C@H](C)[C@@H]1O[C@H]1[C@](C)(O)[C@H]1CC[C@H]2[C@@H]3C[C@H](O[C@@H]4O[C@H](CO)[C@@H](O)[C@H](O[C@@H]5O[C@H](C)[C@@H](O[C@@H]6O[C@H](C)[C@H](O)[C@H](O)[C@H]6O[C@@H]6O[C@H](C)[C@H](O)[C@H](O)[C@H]6O)[C@H](O)[C@H]5O[C@@H]5O[C@H](C)[C@@H](O)[C@H](O)[C@H]5O)[C@H]4O)C4C[C@@H](OS(=O)(=O)[O-])CC[C@]4(C)C3=CC[C@]12C.[Na+]. The Morgan fingerprint density at radius 3 is 1.67 bits per heavy atom. The fraction of sp³-hybridized carbons (Fsp3) is 0.966. The first-order valence-electron chi connectivity index (χ1n) is 31.0. The van der Waals surface area contributed by atoms with Crippen LogP contribution in [0, 0.1) is 46.3 Å². The Morgan fingerprint density at radius 2 is 1.11 bits per heavy atom. The molecule has 9 fully saturated rings. The van der Waals surface area contributed by atoms with E-state index in [0.29, 0.717) is 31.6 Å². The summed E-state index contributed by atoms with van der Waals surface area (Å²) in [5.74, 6) is -0.278. The molecule has 6 heterocycles. The standard InChI is InChI=1S/C58H96O28S.Na/c1-20(2)21(3)45-50(81-45)58(10,71)33-12-11-28-27-18-31(30-17-26(86-87(72,73)74)13-15-56(30,8)29(27)14-16-57(28,33)9)79-53-44(70)47(37(63)32(19-59)80-53)83-55-49(85-52-42(68)39(65)35(61)23(5)76-52)43(69)46(25(7)78-55)82-54-48(40(66)36(62)24(6)77-54)84-51-41(67)38(64)34(60)22(4)75-51;/h14,20-28,30-55,59-71H,11-13,15-19H2,1-10H3,(H,72,73,74);/q;+1/p-1/t21-,22+,23+,24+,25+,26-,27-,28-,30?,31-,32+,33-,34-,35+,36-,37+,38-,39-,40-,41+,42+,43-,44+,45-,46+,47-,48+,49+,50+,51-,52-,53+,54-,55-,56+,57-,58+;/m0./s1. The smallest absolute Gasteiger partial charge is 0.726 e. The molecule has 0 aromatic carbocycles. The van der Waals surface area contributed by atoms with E-state index in [2.05, 4.69) is 40.7 Å². The molecule has 0 amide bonds. The monoisotopic (exact) mass is 1290 g/mol. The molecule has 6 aliphatic heterocycles. The molecule has 0 aromatic rings. The third-order valence-electron chi connectivity index (χ3n) is 22.1. The second-order valence-corrected chi connectivity index (χ2v) is 28.8. The second-order valence-electron chi connectivity index (χ2n) is 27.8. The fourth-order valence-corrected chi connectivity index (χ4v) is 17.0. The van der Waals surface area contributed by atoms with E-state index < -0.39 is 205 Å². The van der Waals surface area contributed by atoms with E-state index in [9.17, 15) is 79.4 Å². The van der Waals surface area contributed by atoms with Gasteiger partial charge in [-0.05, 0) is 126 Å². The van der Waals surface area contributed by atoms with Crippen LogP contribution in [0.15, 0.2) is 11.6 Å². The predicted octanol–water partition coefficient (Wildman–Crippen LogP) is -5.57. The maximum absolute atomic E-state index is 12.5. The molecule has 10 rings (SSSR count). The van der Waals surface area contributed by atoms with Crippen molar-refractivity contribution in [2.24, 2.45) is 46.3 Å². The summed E-state index contributed by atoms with van der Waals surface area (Å²) in [6.45, 7) is 17.3. The third-order valence-corrected chi connectivity index (χ3v) is 22.6. The predicted molar refractivity (Wildman–Crippen MR) is 292 cm³/mol. The molecule has 10 aliphatic rings. The first-order valence-corrected chi connectivity index (χ1v) is 32.3. The van der Waals surface area contributed by atoms with Crippen LogP contribution in [0.1, 0.15) is 114 Å². The van der Waals surface area contributed by atoms with Gasteiger partial charge in [-0.3, -0.25) is 4.18 Å². The molecule has 4 aliphatic carbocycles. The number of hydrogen-bond donors (Lipinski definition) is 13. The summed E-state index contributed by atoms with van der Waals surface area (Å²) in [5.41, 5.74) is -1.10. The molecule has 502 valence electrons. The first kappa shape index (κ1) is 71.9. The quantitative estimate of drug-likeness (QED) is 0.0212. The molecule has 37 atom stereocenters. The topological polar surface area (TPSA) is 434 Å². The van der Waals surface area contributed by atoms with Crippen molar-refractivity contribution < 1.29 is 165 Å². The van der Waals surface area contributed by atoms with Crippen molar-refractivity contribution in [3.63, 3.8) is 0 Å². The van der Waals surface area contributed by atoms with Gasteiger partial charge in [0.2, 0.25) is 10.4 Å². The molecule has 1 unspecified atom stereocenters. The largest absolute Gasteiger partial charge is 1.00 e. The minimum absolute atomic E-state index is 0. The number of epoxide rings is 1. The summed E-state index contributed by atoms with van der Waals surface area (Å²) in [5, 5.41) is 147. The fourth-order valence-electron chi connectivity index (χ4n) is 16.5. The van der Waals surface area contributed by atoms with Crippen LogP contribution in [-0.4, -0.2) is 270 Å². The molecule has 0 spiro atoms. The maximum atomic E-state index is 12.5. The maximum Gasteiger partial charge on any atom is 1.00 e. The molecule has 88 heavy (non-hydrogen) atoms. The van der Waals surface area contributed by atoms with Gasteiger partial charge < -0.3 is 123 Å². The summed E-state index contributed by atoms with van der Waals surface area (Å²) in [6.07, 6.45) is -39.3. The van der Waals surface area contributed by atoms with E-state index in [1.165, 1.54) is 27.7 Å². The van der Waals surface area contributed by atoms with Gasteiger partial charge in [-0.15, -0.1) is 0 Å². The van der Waals surface area contributed by atoms with Crippen LogP contribution in [-0.2, 0) is 66.7 Å². The zero-order chi connectivity index (χ0) is 63.6. The van der Waals surface area contributed by atoms with Gasteiger partial charge in [0.15, 0.2) is 31.5 Å². The molecular weight excluding hydrogens is 1200 g/mol. The van der Waals surface area contributed by atoms with Gasteiger partial charge in [0.05, 0.1) is 54.9 Å². The van der Waals surface area contributed by atoms with E-state index in [-0.39, 0.29) is 78.3 Å². The van der Waals surface area contributed by atoms with Crippen molar-refractivity contribution in [1.82, 2.24) is 0 Å². The van der Waals surface area contributed by atoms with Crippen LogP contribution in [0.4, 0.5) is 0 Å². The Bertz CT molecular complexity index is 2500. The van der Waals surface area contributed by atoms with Crippen molar-refractivity contribution in [1.29, 1.82) is 0 Å². The van der Waals surface area contributed by atoms with E-state index in [4.69, 9.17) is 56.3 Å². The van der Waals surface area contributed by atoms with Crippen LogP contribution in [0.25, 0.3) is 0 Å². The van der Waals surface area contributed by atoms with Crippen LogP contribution in [0.2, 0.25) is 0 Å². The number of hydrogen-bond acceptors (Lipinski definition) is 28. The average Bonchev–Trinajstić information content (AvgIpc) is 1.39. The Balaban J connectivity index is 0.00000922. The molecule has 0 aromatic heterocycles. The van der Waals surface area contributed by atoms with E-state index in [1.807, 2.05) is 6.92 Å². The molecule has 6 saturated heterocycles. The van der Waals surface area contributed by atoms with Crippen molar-refractivity contribution in [2.45, 2.75) is 298 Å². The summed E-state index contributed by atoms with van der Waals surface area (Å²) < 4.78 is 109. The summed E-state index contributed by atoms with van der Waals surface area (Å²) in [4.78, 5) is 0. The van der Waals surface area contributed by atoms with Gasteiger partial charge in [-0.25, -0.2) is 8.42 Å². The second kappa shape index (κ2) is 27.3. The minimum atomic E-state index is -5.15. The van der Waals surface area contributed by atoms with Crippen molar-refractivity contribution in [2.75, 3.05) is 6.61 Å². The van der Waals surface area contributed by atoms with E-state index >= 15 is 0 Å². The number of aliphatic hydroxyl groups excluding tert-OH is 12. The number of aliphatic hydroxyl groups is 13. The molecule has 0 bridgehead atoms. The molecule has 0 radical (unpaired) electrons. The number of ether oxygens (including phenoxy) is 11. The molecule has 13 N–H and O–H groups in total. The Labute approximate surface area is 535 Å². The Kier molecular flexibility index (Phi) is 22.3. The average molecular weight is 1300 g/mol. The van der Waals surface area contributed by atoms with Gasteiger partial charge in [0.1, 0.15) is 104 Å². The normalized spacial score (nSPS) is 53.4. The molecule has 28 nitrogen and oxygen atoms in total. The van der Waals surface area contributed by atoms with Gasteiger partial charge in [-0.1, -0.05) is 46.3 Å². The summed E-state index contributed by atoms with van der Waals surface area (Å²) >= 11 is 0. The van der Waals surface area contributed by atoms with Crippen molar-refractivity contribution in [3.8, 4) is 0 Å². The Hall–Kier alpha value is -0.350. The molecular formula is C58H95NaO28S. The Morgan fingerprint density at radius 1 is 0.602 bits per heavy atom. The van der Waals surface area contributed by atoms with Crippen LogP contribution in [0.3, 0.4) is 0 Å². The van der Waals surface area contributed by atoms with Crippen LogP contribution in [0.5, 0.6) is 0 Å². The number of fused-ring (bicyclic) bond motifs is 5. The van der Waals surface area contributed by atoms with Gasteiger partial charge in [-0.2, -0.15) is 0 Å².